The van der Waals surface area contributed by atoms with Crippen LogP contribution >= 0.6 is 0 Å². The molecule has 0 radical (unpaired) electrons. The summed E-state index contributed by atoms with van der Waals surface area (Å²) in [6.45, 7) is 3.65. The number of amides is 2. The molecule has 1 atom stereocenters. The number of nitrogens with zero attached hydrogens (tertiary/aromatic N) is 1. The van der Waals surface area contributed by atoms with Gasteiger partial charge in [0, 0.05) is 30.5 Å². The van der Waals surface area contributed by atoms with Gasteiger partial charge in [0.05, 0.1) is 11.5 Å². The Kier molecular flexibility index (Phi) is 6.35. The number of benzene rings is 3. The smallest absolute Gasteiger partial charge is 0.253 e. The molecule has 1 fully saturated rings. The summed E-state index contributed by atoms with van der Waals surface area (Å²) < 4.78 is 0. The van der Waals surface area contributed by atoms with E-state index in [2.05, 4.69) is 39.8 Å². The molecule has 1 heterocycles. The fourth-order valence-electron chi connectivity index (χ4n) is 4.75. The third-order valence-corrected chi connectivity index (χ3v) is 6.82. The fourth-order valence-corrected chi connectivity index (χ4v) is 4.75. The second-order valence-electron chi connectivity index (χ2n) is 9.28. The van der Waals surface area contributed by atoms with Crippen molar-refractivity contribution in [1.82, 2.24) is 5.32 Å². The van der Waals surface area contributed by atoms with Gasteiger partial charge in [-0.15, -0.1) is 0 Å². The van der Waals surface area contributed by atoms with Crippen molar-refractivity contribution in [3.05, 3.63) is 95.1 Å². The third-order valence-electron chi connectivity index (χ3n) is 6.82. The predicted octanol–water partition coefficient (Wildman–Crippen LogP) is 5.27. The summed E-state index contributed by atoms with van der Waals surface area (Å²) in [5.74, 6) is -0.354. The Bertz CT molecular complexity index is 1190. The molecule has 1 saturated carbocycles. The van der Waals surface area contributed by atoms with Crippen LogP contribution in [-0.4, -0.2) is 24.4 Å². The number of rotatable bonds is 7. The first-order valence-corrected chi connectivity index (χ1v) is 12.2. The molecule has 0 bridgehead atoms. The Morgan fingerprint density at radius 3 is 2.44 bits per heavy atom. The monoisotopic (exact) mass is 453 g/mol. The molecule has 34 heavy (non-hydrogen) atoms. The fraction of sp³-hybridized carbons (Fsp3) is 0.310. The largest absolute Gasteiger partial charge is 0.366 e. The molecule has 0 saturated heterocycles. The zero-order valence-corrected chi connectivity index (χ0v) is 19.6. The number of carbonyl (C=O) groups is 2. The summed E-state index contributed by atoms with van der Waals surface area (Å²) in [4.78, 5) is 28.6. The second-order valence-corrected chi connectivity index (χ2v) is 9.28. The topological polar surface area (TPSA) is 61.4 Å². The lowest BCUT2D eigenvalue weighted by Crippen LogP contribution is -2.33. The summed E-state index contributed by atoms with van der Waals surface area (Å²) in [5.41, 5.74) is 5.86. The molecule has 1 aliphatic heterocycles. The number of hydrogen-bond donors (Lipinski definition) is 2. The first-order valence-electron chi connectivity index (χ1n) is 12.2. The van der Waals surface area contributed by atoms with Crippen LogP contribution in [0.5, 0.6) is 0 Å². The molecule has 2 amide bonds. The quantitative estimate of drug-likeness (QED) is 0.512. The van der Waals surface area contributed by atoms with E-state index in [1.807, 2.05) is 55.5 Å². The number of hydrogen-bond acceptors (Lipinski definition) is 3. The highest BCUT2D eigenvalue weighted by Gasteiger charge is 2.27. The Labute approximate surface area is 201 Å². The standard InChI is InChI=1S/C29H31N3O2/c1-2-25(21-9-4-3-5-10-21)28(33)31-24-14-15-27(26(18-24)29(34)30-23-12-13-23)32-17-16-20-8-6-7-11-22(20)19-32/h3-11,14-15,18,23,25H,2,12-13,16-17,19H2,1H3,(H,30,34)(H,31,33). The van der Waals surface area contributed by atoms with Crippen molar-refractivity contribution in [2.75, 3.05) is 16.8 Å². The van der Waals surface area contributed by atoms with Gasteiger partial charge < -0.3 is 15.5 Å². The number of fused-ring (bicyclic) bond motifs is 1. The minimum Gasteiger partial charge on any atom is -0.366 e. The summed E-state index contributed by atoms with van der Waals surface area (Å²) in [6.07, 6.45) is 3.72. The number of anilines is 2. The Morgan fingerprint density at radius 2 is 1.71 bits per heavy atom. The molecule has 5 nitrogen and oxygen atoms in total. The van der Waals surface area contributed by atoms with Gasteiger partial charge in [0.2, 0.25) is 5.91 Å². The lowest BCUT2D eigenvalue weighted by Gasteiger charge is -2.32. The molecule has 3 aromatic carbocycles. The van der Waals surface area contributed by atoms with Crippen LogP contribution in [0.2, 0.25) is 0 Å². The van der Waals surface area contributed by atoms with E-state index in [-0.39, 0.29) is 23.8 Å². The van der Waals surface area contributed by atoms with Crippen LogP contribution in [-0.2, 0) is 17.8 Å². The van der Waals surface area contributed by atoms with Gasteiger partial charge in [-0.3, -0.25) is 9.59 Å². The molecule has 2 aliphatic rings. The number of carbonyl (C=O) groups excluding carboxylic acids is 2. The van der Waals surface area contributed by atoms with E-state index in [0.717, 1.165) is 43.6 Å². The first-order chi connectivity index (χ1) is 16.6. The zero-order valence-electron chi connectivity index (χ0n) is 19.6. The zero-order chi connectivity index (χ0) is 23.5. The highest BCUT2D eigenvalue weighted by Crippen LogP contribution is 2.31. The maximum Gasteiger partial charge on any atom is 0.253 e. The average molecular weight is 454 g/mol. The molecule has 5 heteroatoms. The summed E-state index contributed by atoms with van der Waals surface area (Å²) in [5, 5.41) is 6.19. The van der Waals surface area contributed by atoms with Gasteiger partial charge in [-0.1, -0.05) is 61.5 Å². The van der Waals surface area contributed by atoms with Gasteiger partial charge in [0.1, 0.15) is 0 Å². The molecule has 0 spiro atoms. The Hall–Kier alpha value is -3.60. The lowest BCUT2D eigenvalue weighted by atomic mass is 9.95. The minimum absolute atomic E-state index is 0.0538. The van der Waals surface area contributed by atoms with Crippen molar-refractivity contribution in [2.45, 2.75) is 51.1 Å². The normalized spacial score (nSPS) is 15.9. The van der Waals surface area contributed by atoms with Crippen molar-refractivity contribution < 1.29 is 9.59 Å². The highest BCUT2D eigenvalue weighted by molar-refractivity contribution is 6.03. The summed E-state index contributed by atoms with van der Waals surface area (Å²) >= 11 is 0. The van der Waals surface area contributed by atoms with Crippen LogP contribution in [0.15, 0.2) is 72.8 Å². The minimum atomic E-state index is -0.233. The summed E-state index contributed by atoms with van der Waals surface area (Å²) in [6, 6.07) is 24.3. The molecule has 5 rings (SSSR count). The van der Waals surface area contributed by atoms with Crippen molar-refractivity contribution in [3.63, 3.8) is 0 Å². The predicted molar refractivity (Wildman–Crippen MR) is 136 cm³/mol. The van der Waals surface area contributed by atoms with E-state index in [9.17, 15) is 9.59 Å². The molecule has 174 valence electrons. The first kappa shape index (κ1) is 22.2. The van der Waals surface area contributed by atoms with Crippen LogP contribution in [0.1, 0.15) is 59.2 Å². The van der Waals surface area contributed by atoms with Crippen molar-refractivity contribution >= 4 is 23.2 Å². The van der Waals surface area contributed by atoms with Gasteiger partial charge in [0.15, 0.2) is 0 Å². The van der Waals surface area contributed by atoms with Gasteiger partial charge in [-0.05, 0) is 60.6 Å². The molecule has 1 unspecified atom stereocenters. The van der Waals surface area contributed by atoms with Crippen molar-refractivity contribution in [2.24, 2.45) is 0 Å². The summed E-state index contributed by atoms with van der Waals surface area (Å²) in [7, 11) is 0. The van der Waals surface area contributed by atoms with Crippen LogP contribution in [0.3, 0.4) is 0 Å². The van der Waals surface area contributed by atoms with Gasteiger partial charge in [-0.25, -0.2) is 0 Å². The van der Waals surface area contributed by atoms with Crippen LogP contribution in [0.25, 0.3) is 0 Å². The van der Waals surface area contributed by atoms with E-state index in [1.165, 1.54) is 11.1 Å². The van der Waals surface area contributed by atoms with Gasteiger partial charge in [-0.2, -0.15) is 0 Å². The van der Waals surface area contributed by atoms with E-state index in [0.29, 0.717) is 17.7 Å². The van der Waals surface area contributed by atoms with Crippen molar-refractivity contribution in [1.29, 1.82) is 0 Å². The van der Waals surface area contributed by atoms with E-state index in [1.54, 1.807) is 0 Å². The van der Waals surface area contributed by atoms with Crippen LogP contribution in [0.4, 0.5) is 11.4 Å². The average Bonchev–Trinajstić information content (AvgIpc) is 3.69. The third kappa shape index (κ3) is 4.84. The Balaban J connectivity index is 1.41. The van der Waals surface area contributed by atoms with Gasteiger partial charge >= 0.3 is 0 Å². The molecule has 0 aromatic heterocycles. The van der Waals surface area contributed by atoms with Crippen molar-refractivity contribution in [3.8, 4) is 0 Å². The second kappa shape index (κ2) is 9.72. The molecule has 2 N–H and O–H groups in total. The Morgan fingerprint density at radius 1 is 0.971 bits per heavy atom. The maximum absolute atomic E-state index is 13.2. The number of nitrogens with one attached hydrogen (secondary N) is 2. The molecule has 1 aliphatic carbocycles. The highest BCUT2D eigenvalue weighted by atomic mass is 16.2. The van der Waals surface area contributed by atoms with Crippen LogP contribution in [0, 0.1) is 0 Å². The molecular formula is C29H31N3O2. The van der Waals surface area contributed by atoms with E-state index >= 15 is 0 Å². The lowest BCUT2D eigenvalue weighted by molar-refractivity contribution is -0.117. The SMILES string of the molecule is CCC(C(=O)Nc1ccc(N2CCc3ccccc3C2)c(C(=O)NC2CC2)c1)c1ccccc1. The van der Waals surface area contributed by atoms with E-state index < -0.39 is 0 Å². The molecular weight excluding hydrogens is 422 g/mol. The molecule has 3 aromatic rings. The maximum atomic E-state index is 13.2. The van der Waals surface area contributed by atoms with Crippen LogP contribution < -0.4 is 15.5 Å². The van der Waals surface area contributed by atoms with Gasteiger partial charge in [0.25, 0.3) is 5.91 Å². The van der Waals surface area contributed by atoms with E-state index in [4.69, 9.17) is 0 Å².